The molecule has 1 aromatic rings. The minimum Gasteiger partial charge on any atom is -0.478 e. The first-order valence-electron chi connectivity index (χ1n) is 6.03. The van der Waals surface area contributed by atoms with E-state index in [1.54, 1.807) is 0 Å². The fraction of sp³-hybridized carbons (Fsp3) is 0.417. The second-order valence-electron chi connectivity index (χ2n) is 4.32. The standard InChI is InChI=1S/C12H14BrNO5S/c13-10-8-9(12(15)16)2-3-11(10)20(17,18)14-4-1-6-19-7-5-14/h2-3,8H,1,4-7H2,(H,15,16). The monoisotopic (exact) mass is 363 g/mol. The molecule has 1 heterocycles. The van der Waals surface area contributed by atoms with Gasteiger partial charge in [0.15, 0.2) is 0 Å². The molecular weight excluding hydrogens is 350 g/mol. The molecule has 1 aliphatic heterocycles. The normalized spacial score (nSPS) is 17.6. The summed E-state index contributed by atoms with van der Waals surface area (Å²) in [5.41, 5.74) is 0.0371. The van der Waals surface area contributed by atoms with Crippen molar-refractivity contribution in [3.05, 3.63) is 28.2 Å². The molecule has 0 aromatic heterocycles. The SMILES string of the molecule is O=C(O)c1ccc(S(=O)(=O)N2CCCOCC2)c(Br)c1. The van der Waals surface area contributed by atoms with Crippen molar-refractivity contribution in [2.24, 2.45) is 0 Å². The lowest BCUT2D eigenvalue weighted by atomic mass is 10.2. The minimum absolute atomic E-state index is 0.0371. The van der Waals surface area contributed by atoms with Crippen molar-refractivity contribution in [2.45, 2.75) is 11.3 Å². The predicted octanol–water partition coefficient (Wildman–Crippen LogP) is 1.56. The van der Waals surface area contributed by atoms with E-state index in [2.05, 4.69) is 15.9 Å². The van der Waals surface area contributed by atoms with Gasteiger partial charge in [-0.1, -0.05) is 0 Å². The van der Waals surface area contributed by atoms with Crippen LogP contribution >= 0.6 is 15.9 Å². The van der Waals surface area contributed by atoms with Crippen LogP contribution in [0.15, 0.2) is 27.6 Å². The van der Waals surface area contributed by atoms with Crippen LogP contribution in [0.25, 0.3) is 0 Å². The van der Waals surface area contributed by atoms with Crippen LogP contribution in [0.4, 0.5) is 0 Å². The second-order valence-corrected chi connectivity index (χ2v) is 7.08. The largest absolute Gasteiger partial charge is 0.478 e. The van der Waals surface area contributed by atoms with Crippen molar-refractivity contribution in [3.8, 4) is 0 Å². The Morgan fingerprint density at radius 2 is 2.05 bits per heavy atom. The van der Waals surface area contributed by atoms with Gasteiger partial charge in [-0.25, -0.2) is 13.2 Å². The Morgan fingerprint density at radius 3 is 2.70 bits per heavy atom. The molecule has 0 aliphatic carbocycles. The van der Waals surface area contributed by atoms with E-state index in [0.717, 1.165) is 0 Å². The third-order valence-corrected chi connectivity index (χ3v) is 5.85. The molecule has 1 aliphatic rings. The number of rotatable bonds is 3. The number of hydrogen-bond acceptors (Lipinski definition) is 4. The zero-order chi connectivity index (χ0) is 14.8. The number of sulfonamides is 1. The number of nitrogens with zero attached hydrogens (tertiary/aromatic N) is 1. The molecule has 2 rings (SSSR count). The van der Waals surface area contributed by atoms with Gasteiger partial charge in [0, 0.05) is 24.2 Å². The van der Waals surface area contributed by atoms with Crippen LogP contribution in [0.5, 0.6) is 0 Å². The van der Waals surface area contributed by atoms with Crippen molar-refractivity contribution in [2.75, 3.05) is 26.3 Å². The number of aromatic carboxylic acids is 1. The van der Waals surface area contributed by atoms with Crippen LogP contribution in [-0.4, -0.2) is 50.1 Å². The Balaban J connectivity index is 2.36. The zero-order valence-corrected chi connectivity index (χ0v) is 13.0. The van der Waals surface area contributed by atoms with E-state index < -0.39 is 16.0 Å². The molecule has 1 fully saturated rings. The zero-order valence-electron chi connectivity index (χ0n) is 10.6. The maximum Gasteiger partial charge on any atom is 0.335 e. The summed E-state index contributed by atoms with van der Waals surface area (Å²) < 4.78 is 31.9. The molecular formula is C12H14BrNO5S. The molecule has 8 heteroatoms. The summed E-state index contributed by atoms with van der Waals surface area (Å²) in [5, 5.41) is 8.89. The third-order valence-electron chi connectivity index (χ3n) is 2.98. The molecule has 1 N–H and O–H groups in total. The molecule has 0 saturated carbocycles. The van der Waals surface area contributed by atoms with E-state index in [9.17, 15) is 13.2 Å². The van der Waals surface area contributed by atoms with Crippen LogP contribution in [0.1, 0.15) is 16.8 Å². The maximum absolute atomic E-state index is 12.5. The van der Waals surface area contributed by atoms with E-state index in [1.807, 2.05) is 0 Å². The third kappa shape index (κ3) is 3.20. The Kier molecular flexibility index (Phi) is 4.79. The number of hydrogen-bond donors (Lipinski definition) is 1. The molecule has 0 atom stereocenters. The number of carbonyl (C=O) groups is 1. The van der Waals surface area contributed by atoms with E-state index in [1.165, 1.54) is 22.5 Å². The summed E-state index contributed by atoms with van der Waals surface area (Å²) in [6.07, 6.45) is 0.643. The van der Waals surface area contributed by atoms with Crippen molar-refractivity contribution < 1.29 is 23.1 Å². The average Bonchev–Trinajstić information content (AvgIpc) is 2.67. The van der Waals surface area contributed by atoms with Crippen molar-refractivity contribution >= 4 is 31.9 Å². The number of ether oxygens (including phenoxy) is 1. The van der Waals surface area contributed by atoms with Crippen LogP contribution in [0.2, 0.25) is 0 Å². The summed E-state index contributed by atoms with van der Waals surface area (Å²) in [6.45, 7) is 1.61. The van der Waals surface area contributed by atoms with Gasteiger partial charge in [0.05, 0.1) is 17.1 Å². The Morgan fingerprint density at radius 1 is 1.30 bits per heavy atom. The number of carboxylic acids is 1. The lowest BCUT2D eigenvalue weighted by Gasteiger charge is -2.20. The summed E-state index contributed by atoms with van der Waals surface area (Å²) in [6, 6.07) is 3.90. The minimum atomic E-state index is -3.64. The van der Waals surface area contributed by atoms with Gasteiger partial charge in [0.25, 0.3) is 0 Å². The number of halogens is 1. The van der Waals surface area contributed by atoms with Gasteiger partial charge in [-0.2, -0.15) is 4.31 Å². The molecule has 0 amide bonds. The van der Waals surface area contributed by atoms with Crippen LogP contribution in [0.3, 0.4) is 0 Å². The highest BCUT2D eigenvalue weighted by atomic mass is 79.9. The molecule has 0 spiro atoms. The van der Waals surface area contributed by atoms with Gasteiger partial charge in [-0.05, 0) is 40.5 Å². The number of carboxylic acid groups (broad SMARTS) is 1. The number of benzene rings is 1. The maximum atomic E-state index is 12.5. The Bertz CT molecular complexity index is 608. The predicted molar refractivity (Wildman–Crippen MR) is 75.3 cm³/mol. The van der Waals surface area contributed by atoms with Gasteiger partial charge < -0.3 is 9.84 Å². The van der Waals surface area contributed by atoms with Gasteiger partial charge in [0.1, 0.15) is 0 Å². The molecule has 1 saturated heterocycles. The molecule has 20 heavy (non-hydrogen) atoms. The first-order valence-corrected chi connectivity index (χ1v) is 8.27. The first-order chi connectivity index (χ1) is 9.43. The Hall–Kier alpha value is -0.960. The quantitative estimate of drug-likeness (QED) is 0.880. The topological polar surface area (TPSA) is 83.9 Å². The molecule has 0 bridgehead atoms. The van der Waals surface area contributed by atoms with E-state index >= 15 is 0 Å². The second kappa shape index (κ2) is 6.21. The van der Waals surface area contributed by atoms with Crippen LogP contribution < -0.4 is 0 Å². The smallest absolute Gasteiger partial charge is 0.335 e. The van der Waals surface area contributed by atoms with Gasteiger partial charge in [0.2, 0.25) is 10.0 Å². The summed E-state index contributed by atoms with van der Waals surface area (Å²) in [4.78, 5) is 10.9. The van der Waals surface area contributed by atoms with Crippen LogP contribution in [0, 0.1) is 0 Å². The highest BCUT2D eigenvalue weighted by Gasteiger charge is 2.27. The van der Waals surface area contributed by atoms with Gasteiger partial charge in [-0.15, -0.1) is 0 Å². The highest BCUT2D eigenvalue weighted by molar-refractivity contribution is 9.10. The average molecular weight is 364 g/mol. The molecule has 1 aromatic carbocycles. The highest BCUT2D eigenvalue weighted by Crippen LogP contribution is 2.26. The first kappa shape index (κ1) is 15.4. The molecule has 6 nitrogen and oxygen atoms in total. The fourth-order valence-corrected chi connectivity index (χ4v) is 4.45. The van der Waals surface area contributed by atoms with Crippen molar-refractivity contribution in [1.82, 2.24) is 4.31 Å². The van der Waals surface area contributed by atoms with Crippen LogP contribution in [-0.2, 0) is 14.8 Å². The van der Waals surface area contributed by atoms with Gasteiger partial charge >= 0.3 is 5.97 Å². The van der Waals surface area contributed by atoms with Crippen molar-refractivity contribution in [1.29, 1.82) is 0 Å². The fourth-order valence-electron chi connectivity index (χ4n) is 1.95. The summed E-state index contributed by atoms with van der Waals surface area (Å²) in [5.74, 6) is -1.10. The molecule has 110 valence electrons. The Labute approximate surface area is 125 Å². The molecule has 0 radical (unpaired) electrons. The van der Waals surface area contributed by atoms with E-state index in [0.29, 0.717) is 32.7 Å². The summed E-state index contributed by atoms with van der Waals surface area (Å²) in [7, 11) is -3.64. The van der Waals surface area contributed by atoms with E-state index in [4.69, 9.17) is 9.84 Å². The molecule has 0 unspecified atom stereocenters. The van der Waals surface area contributed by atoms with E-state index in [-0.39, 0.29) is 14.9 Å². The van der Waals surface area contributed by atoms with Gasteiger partial charge in [-0.3, -0.25) is 0 Å². The lowest BCUT2D eigenvalue weighted by molar-refractivity contribution is 0.0696. The lowest BCUT2D eigenvalue weighted by Crippen LogP contribution is -2.33. The summed E-state index contributed by atoms with van der Waals surface area (Å²) >= 11 is 3.14. The van der Waals surface area contributed by atoms with Crippen molar-refractivity contribution in [3.63, 3.8) is 0 Å².